The van der Waals surface area contributed by atoms with Gasteiger partial charge in [-0.2, -0.15) is 0 Å². The Morgan fingerprint density at radius 2 is 1.38 bits per heavy atom. The fourth-order valence-corrected chi connectivity index (χ4v) is 5.37. The zero-order valence-electron chi connectivity index (χ0n) is 21.1. The van der Waals surface area contributed by atoms with Gasteiger partial charge in [0, 0.05) is 30.2 Å². The maximum Gasteiger partial charge on any atom is 0.265 e. The van der Waals surface area contributed by atoms with Gasteiger partial charge >= 0.3 is 0 Å². The lowest BCUT2D eigenvalue weighted by molar-refractivity contribution is -0.133. The van der Waals surface area contributed by atoms with E-state index in [2.05, 4.69) is 71.6 Å². The van der Waals surface area contributed by atoms with Crippen LogP contribution >= 0.6 is 12.2 Å². The molecule has 186 valence electrons. The zero-order valence-corrected chi connectivity index (χ0v) is 21.9. The van der Waals surface area contributed by atoms with Crippen LogP contribution in [0.5, 0.6) is 0 Å². The quantitative estimate of drug-likeness (QED) is 0.227. The number of para-hydroxylation sites is 2. The van der Waals surface area contributed by atoms with Gasteiger partial charge < -0.3 is 4.90 Å². The van der Waals surface area contributed by atoms with E-state index in [0.717, 1.165) is 35.3 Å². The van der Waals surface area contributed by atoms with Gasteiger partial charge in [-0.25, -0.2) is 0 Å². The van der Waals surface area contributed by atoms with E-state index in [9.17, 15) is 9.59 Å². The van der Waals surface area contributed by atoms with E-state index < -0.39 is 0 Å². The average molecular weight is 508 g/mol. The second-order valence-electron chi connectivity index (χ2n) is 9.04. The van der Waals surface area contributed by atoms with Crippen molar-refractivity contribution in [3.8, 4) is 0 Å². The van der Waals surface area contributed by atoms with Crippen LogP contribution in [0.2, 0.25) is 0 Å². The SMILES string of the molecule is CCN1C(=O)C(=Cc2ccc3c(c2)CCC(N(c2ccccc2)c2ccccc2)=C3)C(=O)N(CC)C1=S. The minimum atomic E-state index is -0.330. The number of carbonyl (C=O) groups excluding carboxylic acids is 2. The minimum absolute atomic E-state index is 0.156. The lowest BCUT2D eigenvalue weighted by Crippen LogP contribution is -2.55. The maximum absolute atomic E-state index is 13.0. The summed E-state index contributed by atoms with van der Waals surface area (Å²) < 4.78 is 0. The second-order valence-corrected chi connectivity index (χ2v) is 9.40. The topological polar surface area (TPSA) is 43.9 Å². The molecule has 0 bridgehead atoms. The highest BCUT2D eigenvalue weighted by Crippen LogP contribution is 2.36. The van der Waals surface area contributed by atoms with E-state index in [4.69, 9.17) is 12.2 Å². The molecule has 0 spiro atoms. The third kappa shape index (κ3) is 4.72. The van der Waals surface area contributed by atoms with Crippen molar-refractivity contribution >= 4 is 52.7 Å². The van der Waals surface area contributed by atoms with Crippen LogP contribution in [0.25, 0.3) is 12.2 Å². The van der Waals surface area contributed by atoms with Crippen molar-refractivity contribution in [1.82, 2.24) is 9.80 Å². The van der Waals surface area contributed by atoms with Crippen LogP contribution < -0.4 is 4.90 Å². The maximum atomic E-state index is 13.0. The van der Waals surface area contributed by atoms with Gasteiger partial charge in [0.25, 0.3) is 11.8 Å². The van der Waals surface area contributed by atoms with Crippen LogP contribution in [0.15, 0.2) is 90.1 Å². The molecule has 1 aliphatic carbocycles. The van der Waals surface area contributed by atoms with Crippen molar-refractivity contribution in [2.24, 2.45) is 0 Å². The van der Waals surface area contributed by atoms with Crippen LogP contribution in [0.3, 0.4) is 0 Å². The predicted octanol–water partition coefficient (Wildman–Crippen LogP) is 6.19. The van der Waals surface area contributed by atoms with Crippen molar-refractivity contribution in [3.63, 3.8) is 0 Å². The number of hydrogen-bond acceptors (Lipinski definition) is 4. The first-order chi connectivity index (χ1) is 18.0. The van der Waals surface area contributed by atoms with Gasteiger partial charge in [-0.1, -0.05) is 54.6 Å². The highest BCUT2D eigenvalue weighted by Gasteiger charge is 2.37. The van der Waals surface area contributed by atoms with Crippen molar-refractivity contribution in [2.75, 3.05) is 18.0 Å². The number of allylic oxidation sites excluding steroid dienone is 1. The van der Waals surface area contributed by atoms with Gasteiger partial charge in [0.1, 0.15) is 5.57 Å². The number of likely N-dealkylation sites (N-methyl/N-ethyl adjacent to an activating group) is 2. The van der Waals surface area contributed by atoms with Crippen molar-refractivity contribution in [1.29, 1.82) is 0 Å². The number of amides is 2. The molecule has 0 aromatic heterocycles. The summed E-state index contributed by atoms with van der Waals surface area (Å²) in [6.07, 6.45) is 5.68. The van der Waals surface area contributed by atoms with Gasteiger partial charge in [-0.3, -0.25) is 19.4 Å². The van der Waals surface area contributed by atoms with Crippen molar-refractivity contribution in [2.45, 2.75) is 26.7 Å². The molecule has 2 aliphatic rings. The summed E-state index contributed by atoms with van der Waals surface area (Å²) in [5.74, 6) is -0.660. The third-order valence-electron chi connectivity index (χ3n) is 6.81. The summed E-state index contributed by atoms with van der Waals surface area (Å²) in [4.78, 5) is 31.3. The molecule has 0 saturated carbocycles. The largest absolute Gasteiger partial charge is 0.314 e. The first-order valence-corrected chi connectivity index (χ1v) is 13.1. The summed E-state index contributed by atoms with van der Waals surface area (Å²) in [5.41, 5.74) is 6.81. The van der Waals surface area contributed by atoms with Crippen molar-refractivity contribution in [3.05, 3.63) is 107 Å². The third-order valence-corrected chi connectivity index (χ3v) is 7.25. The molecule has 3 aromatic rings. The number of carbonyl (C=O) groups is 2. The summed E-state index contributed by atoms with van der Waals surface area (Å²) in [5, 5.41) is 0.279. The highest BCUT2D eigenvalue weighted by molar-refractivity contribution is 7.80. The molecule has 1 fully saturated rings. The molecule has 1 aliphatic heterocycles. The Morgan fingerprint density at radius 3 is 1.92 bits per heavy atom. The van der Waals surface area contributed by atoms with E-state index in [1.54, 1.807) is 6.08 Å². The molecule has 0 unspecified atom stereocenters. The van der Waals surface area contributed by atoms with E-state index in [-0.39, 0.29) is 22.5 Å². The molecule has 37 heavy (non-hydrogen) atoms. The number of thiocarbonyl (C=S) groups is 1. The van der Waals surface area contributed by atoms with Crippen LogP contribution in [-0.4, -0.2) is 39.8 Å². The number of anilines is 2. The van der Waals surface area contributed by atoms with E-state index in [1.165, 1.54) is 21.1 Å². The molecule has 6 heteroatoms. The van der Waals surface area contributed by atoms with E-state index in [1.807, 2.05) is 32.0 Å². The fraction of sp³-hybridized carbons (Fsp3) is 0.194. The molecule has 2 amide bonds. The molecule has 0 N–H and O–H groups in total. The monoisotopic (exact) mass is 507 g/mol. The van der Waals surface area contributed by atoms with Crippen LogP contribution in [-0.2, 0) is 16.0 Å². The molecular formula is C31H29N3O2S. The summed E-state index contributed by atoms with van der Waals surface area (Å²) in [6.45, 7) is 4.58. The zero-order chi connectivity index (χ0) is 25.9. The summed E-state index contributed by atoms with van der Waals surface area (Å²) >= 11 is 5.37. The number of hydrogen-bond donors (Lipinski definition) is 0. The molecule has 1 heterocycles. The summed E-state index contributed by atoms with van der Waals surface area (Å²) in [6, 6.07) is 26.9. The highest BCUT2D eigenvalue weighted by atomic mass is 32.1. The van der Waals surface area contributed by atoms with Gasteiger partial charge in [0.05, 0.1) is 0 Å². The lowest BCUT2D eigenvalue weighted by Gasteiger charge is -2.35. The number of benzene rings is 3. The Morgan fingerprint density at radius 1 is 0.811 bits per heavy atom. The van der Waals surface area contributed by atoms with Gasteiger partial charge in [-0.15, -0.1) is 0 Å². The first kappa shape index (κ1) is 24.7. The second kappa shape index (κ2) is 10.5. The molecule has 1 saturated heterocycles. The van der Waals surface area contributed by atoms with E-state index in [0.29, 0.717) is 13.1 Å². The van der Waals surface area contributed by atoms with E-state index >= 15 is 0 Å². The Labute approximate surface area is 223 Å². The Bertz CT molecular complexity index is 1350. The van der Waals surface area contributed by atoms with Gasteiger partial charge in [0.2, 0.25) is 0 Å². The lowest BCUT2D eigenvalue weighted by atomic mass is 9.92. The number of nitrogens with zero attached hydrogens (tertiary/aromatic N) is 3. The Hall–Kier alpha value is -4.03. The molecule has 5 nitrogen and oxygen atoms in total. The summed E-state index contributed by atoms with van der Waals surface area (Å²) in [7, 11) is 0. The molecule has 0 radical (unpaired) electrons. The van der Waals surface area contributed by atoms with Gasteiger partial charge in [0.15, 0.2) is 5.11 Å². The van der Waals surface area contributed by atoms with Crippen molar-refractivity contribution < 1.29 is 9.59 Å². The molecular weight excluding hydrogens is 478 g/mol. The smallest absolute Gasteiger partial charge is 0.265 e. The average Bonchev–Trinajstić information content (AvgIpc) is 2.93. The van der Waals surface area contributed by atoms with Crippen LogP contribution in [0.1, 0.15) is 37.0 Å². The molecule has 3 aromatic carbocycles. The number of aryl methyl sites for hydroxylation is 1. The molecule has 5 rings (SSSR count). The number of fused-ring (bicyclic) bond motifs is 1. The Kier molecular flexibility index (Phi) is 7.01. The normalized spacial score (nSPS) is 15.5. The predicted molar refractivity (Wildman–Crippen MR) is 153 cm³/mol. The van der Waals surface area contributed by atoms with Crippen LogP contribution in [0, 0.1) is 0 Å². The fourth-order valence-electron chi connectivity index (χ4n) is 4.95. The number of rotatable bonds is 6. The van der Waals surface area contributed by atoms with Crippen LogP contribution in [0.4, 0.5) is 11.4 Å². The van der Waals surface area contributed by atoms with Gasteiger partial charge in [-0.05, 0) is 92.0 Å². The molecule has 0 atom stereocenters. The Balaban J connectivity index is 1.49. The first-order valence-electron chi connectivity index (χ1n) is 12.6. The minimum Gasteiger partial charge on any atom is -0.314 e. The standard InChI is InChI=1S/C31H29N3O2S/c1-3-32-29(35)28(30(36)33(4-2)31(32)37)20-22-15-16-24-21-27(18-17-23(24)19-22)34(25-11-7-5-8-12-25)26-13-9-6-10-14-26/h5-16,19-21H,3-4,17-18H2,1-2H3.